The van der Waals surface area contributed by atoms with Crippen molar-refractivity contribution in [3.05, 3.63) is 190 Å². The highest BCUT2D eigenvalue weighted by atomic mass is 16.2. The van der Waals surface area contributed by atoms with E-state index in [1.54, 1.807) is 6.07 Å². The van der Waals surface area contributed by atoms with Crippen LogP contribution in [0.4, 0.5) is 11.4 Å². The number of rotatable bonds is 12. The normalized spacial score (nSPS) is 13.3. The molecule has 7 aromatic carbocycles. The Morgan fingerprint density at radius 2 is 0.730 bits per heavy atom. The van der Waals surface area contributed by atoms with E-state index in [1.807, 2.05) is 92.7 Å². The van der Waals surface area contributed by atoms with Gasteiger partial charge in [0.05, 0.1) is 33.6 Å². The van der Waals surface area contributed by atoms with Gasteiger partial charge in [-0.3, -0.25) is 19.2 Å². The molecule has 0 saturated carbocycles. The Bertz CT molecular complexity index is 2940. The topological polar surface area (TPSA) is 74.8 Å². The van der Waals surface area contributed by atoms with E-state index in [-0.39, 0.29) is 23.6 Å². The van der Waals surface area contributed by atoms with Crippen LogP contribution >= 0.6 is 0 Å². The van der Waals surface area contributed by atoms with Crippen LogP contribution in [0.1, 0.15) is 109 Å². The lowest BCUT2D eigenvalue weighted by molar-refractivity contribution is 0.0910. The smallest absolute Gasteiger partial charge is 0.266 e. The number of hydrogen-bond donors (Lipinski definition) is 0. The Balaban J connectivity index is 1.02. The molecule has 0 aliphatic carbocycles. The van der Waals surface area contributed by atoms with Crippen LogP contribution in [0.25, 0.3) is 44.5 Å². The Morgan fingerprint density at radius 1 is 0.349 bits per heavy atom. The lowest BCUT2D eigenvalue weighted by Crippen LogP contribution is -2.32. The van der Waals surface area contributed by atoms with Crippen molar-refractivity contribution in [2.24, 2.45) is 0 Å². The third-order valence-electron chi connectivity index (χ3n) is 12.5. The number of carbonyl (C=O) groups excluding carboxylic acids is 4. The van der Waals surface area contributed by atoms with Crippen molar-refractivity contribution < 1.29 is 19.2 Å². The molecule has 7 aromatic rings. The Labute approximate surface area is 369 Å². The van der Waals surface area contributed by atoms with E-state index in [0.717, 1.165) is 111 Å². The average Bonchev–Trinajstić information content (AvgIpc) is 3.70. The van der Waals surface area contributed by atoms with E-state index in [4.69, 9.17) is 0 Å². The Kier molecular flexibility index (Phi) is 11.1. The summed E-state index contributed by atoms with van der Waals surface area (Å²) in [6.45, 7) is 10.5. The number of benzene rings is 7. The number of carbonyl (C=O) groups is 4. The quantitative estimate of drug-likeness (QED) is 0.115. The number of aryl methyl sites for hydroxylation is 3. The zero-order valence-electron chi connectivity index (χ0n) is 36.5. The molecule has 0 unspecified atom stereocenters. The zero-order chi connectivity index (χ0) is 43.9. The van der Waals surface area contributed by atoms with Crippen LogP contribution in [-0.2, 0) is 19.3 Å². The van der Waals surface area contributed by atoms with Gasteiger partial charge in [-0.2, -0.15) is 0 Å². The molecule has 0 fully saturated rings. The summed E-state index contributed by atoms with van der Waals surface area (Å²) in [6, 6.07) is 45.7. The summed E-state index contributed by atoms with van der Waals surface area (Å²) in [4.78, 5) is 58.8. The van der Waals surface area contributed by atoms with Gasteiger partial charge in [-0.05, 0) is 137 Å². The lowest BCUT2D eigenvalue weighted by Gasteiger charge is -2.27. The van der Waals surface area contributed by atoms with E-state index in [2.05, 4.69) is 75.4 Å². The summed E-state index contributed by atoms with van der Waals surface area (Å²) in [5.41, 5.74) is 16.5. The van der Waals surface area contributed by atoms with Crippen molar-refractivity contribution in [1.82, 2.24) is 0 Å². The van der Waals surface area contributed by atoms with Crippen molar-refractivity contribution in [3.8, 4) is 44.5 Å². The van der Waals surface area contributed by atoms with Gasteiger partial charge in [-0.1, -0.05) is 148 Å². The van der Waals surface area contributed by atoms with Crippen LogP contribution in [0.2, 0.25) is 0 Å². The lowest BCUT2D eigenvalue weighted by atomic mass is 9.85. The van der Waals surface area contributed by atoms with Gasteiger partial charge in [-0.25, -0.2) is 9.80 Å². The fourth-order valence-electron chi connectivity index (χ4n) is 9.30. The average molecular weight is 827 g/mol. The summed E-state index contributed by atoms with van der Waals surface area (Å²) in [6.07, 6.45) is 4.89. The van der Waals surface area contributed by atoms with Crippen molar-refractivity contribution in [2.75, 3.05) is 9.80 Å². The van der Waals surface area contributed by atoms with Gasteiger partial charge in [0, 0.05) is 0 Å². The van der Waals surface area contributed by atoms with Crippen molar-refractivity contribution in [3.63, 3.8) is 0 Å². The van der Waals surface area contributed by atoms with Gasteiger partial charge in [0.25, 0.3) is 23.6 Å². The first-order valence-electron chi connectivity index (χ1n) is 22.2. The molecule has 2 heterocycles. The number of amides is 4. The Morgan fingerprint density at radius 3 is 1.24 bits per heavy atom. The maximum absolute atomic E-state index is 14.5. The number of fused-ring (bicyclic) bond motifs is 2. The summed E-state index contributed by atoms with van der Waals surface area (Å²) < 4.78 is 0. The van der Waals surface area contributed by atoms with Gasteiger partial charge >= 0.3 is 0 Å². The maximum Gasteiger partial charge on any atom is 0.266 e. The molecule has 2 aliphatic heterocycles. The first-order chi connectivity index (χ1) is 30.6. The molecule has 0 N–H and O–H groups in total. The molecule has 0 atom stereocenters. The van der Waals surface area contributed by atoms with Crippen LogP contribution < -0.4 is 9.80 Å². The van der Waals surface area contributed by atoms with Gasteiger partial charge in [0.15, 0.2) is 0 Å². The number of nitrogens with zero attached hydrogens (tertiary/aromatic N) is 2. The van der Waals surface area contributed by atoms with Gasteiger partial charge < -0.3 is 0 Å². The predicted molar refractivity (Wildman–Crippen MR) is 255 cm³/mol. The van der Waals surface area contributed by atoms with Crippen LogP contribution in [0.15, 0.2) is 140 Å². The second-order valence-corrected chi connectivity index (χ2v) is 16.9. The molecule has 0 aromatic heterocycles. The first-order valence-corrected chi connectivity index (χ1v) is 22.2. The van der Waals surface area contributed by atoms with E-state index >= 15 is 0 Å². The van der Waals surface area contributed by atoms with E-state index in [9.17, 15) is 19.2 Å². The van der Waals surface area contributed by atoms with Crippen molar-refractivity contribution in [1.29, 1.82) is 0 Å². The number of hydrogen-bond acceptors (Lipinski definition) is 4. The highest BCUT2D eigenvalue weighted by Gasteiger charge is 2.40. The third kappa shape index (κ3) is 7.39. The minimum Gasteiger partial charge on any atom is -0.268 e. The SMILES string of the molecule is CCCc1cc(-c2ccc(-c3ccc(N4C(=O)c5ccc(-c6ccc(C)cc6)cc5C4=O)cc3)cc2)c(CCC)c(CCC)c1N1C(=O)c2ccc(-c3ccc(C)cc3)cc2C1=O. The van der Waals surface area contributed by atoms with Crippen molar-refractivity contribution in [2.45, 2.75) is 73.1 Å². The summed E-state index contributed by atoms with van der Waals surface area (Å²) in [7, 11) is 0. The molecule has 0 saturated heterocycles. The highest BCUT2D eigenvalue weighted by Crippen LogP contribution is 2.43. The monoisotopic (exact) mass is 826 g/mol. The Hall–Kier alpha value is -7.18. The van der Waals surface area contributed by atoms with Gasteiger partial charge in [0.2, 0.25) is 0 Å². The molecule has 9 rings (SSSR count). The van der Waals surface area contributed by atoms with Crippen LogP contribution in [0, 0.1) is 13.8 Å². The third-order valence-corrected chi connectivity index (χ3v) is 12.5. The molecule has 0 bridgehead atoms. The summed E-state index contributed by atoms with van der Waals surface area (Å²) in [5, 5.41) is 0. The second kappa shape index (κ2) is 16.9. The van der Waals surface area contributed by atoms with E-state index in [1.165, 1.54) is 15.4 Å². The minimum atomic E-state index is -0.324. The summed E-state index contributed by atoms with van der Waals surface area (Å²) in [5.74, 6) is -1.17. The molecule has 0 radical (unpaired) electrons. The first kappa shape index (κ1) is 41.2. The van der Waals surface area contributed by atoms with Crippen LogP contribution in [-0.4, -0.2) is 23.6 Å². The number of anilines is 2. The van der Waals surface area contributed by atoms with E-state index in [0.29, 0.717) is 27.9 Å². The molecule has 4 amide bonds. The minimum absolute atomic E-state index is 0.263. The molecule has 6 heteroatoms. The molecule has 6 nitrogen and oxygen atoms in total. The van der Waals surface area contributed by atoms with Crippen molar-refractivity contribution >= 4 is 35.0 Å². The number of imide groups is 2. The molecular formula is C57H50N2O4. The van der Waals surface area contributed by atoms with Gasteiger partial charge in [0.1, 0.15) is 0 Å². The standard InChI is InChI=1S/C57H50N2O4/c1-6-9-44-34-50(46(10-7-2)47(11-8-3)53(44)59-55(61)49-31-27-43(33-52(49)57(59)63)40-18-14-36(5)15-19-40)41-22-20-37(21-23-41)38-24-28-45(29-25-38)58-54(60)48-30-26-42(32-51(48)56(58)62)39-16-12-35(4)13-17-39/h12-34H,6-11H2,1-5H3. The molecule has 0 spiro atoms. The molecule has 312 valence electrons. The predicted octanol–water partition coefficient (Wildman–Crippen LogP) is 13.4. The largest absolute Gasteiger partial charge is 0.268 e. The van der Waals surface area contributed by atoms with Crippen LogP contribution in [0.3, 0.4) is 0 Å². The summed E-state index contributed by atoms with van der Waals surface area (Å²) >= 11 is 0. The fourth-order valence-corrected chi connectivity index (χ4v) is 9.30. The van der Waals surface area contributed by atoms with Gasteiger partial charge in [-0.15, -0.1) is 0 Å². The molecular weight excluding hydrogens is 777 g/mol. The maximum atomic E-state index is 14.5. The fraction of sp³-hybridized carbons (Fsp3) is 0.193. The molecule has 2 aliphatic rings. The highest BCUT2D eigenvalue weighted by molar-refractivity contribution is 6.36. The zero-order valence-corrected chi connectivity index (χ0v) is 36.5. The van der Waals surface area contributed by atoms with E-state index < -0.39 is 0 Å². The molecule has 63 heavy (non-hydrogen) atoms. The van der Waals surface area contributed by atoms with Crippen LogP contribution in [0.5, 0.6) is 0 Å². The second-order valence-electron chi connectivity index (χ2n) is 16.9.